The number of benzene rings is 1. The van der Waals surface area contributed by atoms with E-state index in [1.165, 1.54) is 16.7 Å². The molecule has 2 aliphatic heterocycles. The zero-order chi connectivity index (χ0) is 23.0. The highest BCUT2D eigenvalue weighted by atomic mass is 35.5. The highest BCUT2D eigenvalue weighted by Gasteiger charge is 2.52. The maximum Gasteiger partial charge on any atom is 0.326 e. The van der Waals surface area contributed by atoms with Crippen LogP contribution in [-0.4, -0.2) is 57.9 Å². The maximum atomic E-state index is 13.3. The third-order valence-electron chi connectivity index (χ3n) is 6.96. The van der Waals surface area contributed by atoms with Crippen molar-refractivity contribution in [3.05, 3.63) is 58.7 Å². The van der Waals surface area contributed by atoms with Gasteiger partial charge in [0.15, 0.2) is 0 Å². The van der Waals surface area contributed by atoms with E-state index in [0.29, 0.717) is 49.6 Å². The van der Waals surface area contributed by atoms with Crippen molar-refractivity contribution >= 4 is 35.3 Å². The van der Waals surface area contributed by atoms with Crippen molar-refractivity contribution in [3.8, 4) is 0 Å². The number of imide groups is 1. The molecule has 0 radical (unpaired) electrons. The van der Waals surface area contributed by atoms with Gasteiger partial charge in [0, 0.05) is 31.6 Å². The van der Waals surface area contributed by atoms with Crippen molar-refractivity contribution in [2.45, 2.75) is 37.6 Å². The van der Waals surface area contributed by atoms with E-state index in [2.05, 4.69) is 26.6 Å². The Hall–Kier alpha value is -2.97. The molecular formula is C24H26ClN5O3. The first-order valence-electron chi connectivity index (χ1n) is 11.3. The molecule has 1 atom stereocenters. The number of hydrogen-bond acceptors (Lipinski definition) is 5. The van der Waals surface area contributed by atoms with E-state index in [1.807, 2.05) is 18.2 Å². The van der Waals surface area contributed by atoms with Gasteiger partial charge in [0.05, 0.1) is 11.7 Å². The molecule has 33 heavy (non-hydrogen) atoms. The summed E-state index contributed by atoms with van der Waals surface area (Å²) in [4.78, 5) is 46.1. The Balaban J connectivity index is 1.16. The molecule has 1 aliphatic carbocycles. The molecule has 4 amide bonds. The molecule has 1 unspecified atom stereocenters. The van der Waals surface area contributed by atoms with Gasteiger partial charge in [-0.2, -0.15) is 0 Å². The third kappa shape index (κ3) is 4.32. The molecule has 3 heterocycles. The minimum Gasteiger partial charge on any atom is -0.323 e. The minimum absolute atomic E-state index is 0.0701. The van der Waals surface area contributed by atoms with Gasteiger partial charge in [-0.3, -0.25) is 14.5 Å². The fourth-order valence-corrected chi connectivity index (χ4v) is 5.16. The number of hydrogen-bond donors (Lipinski definition) is 2. The number of halogens is 1. The summed E-state index contributed by atoms with van der Waals surface area (Å²) >= 11 is 5.84. The largest absolute Gasteiger partial charge is 0.326 e. The Kier molecular flexibility index (Phi) is 5.80. The highest BCUT2D eigenvalue weighted by Crippen LogP contribution is 2.34. The lowest BCUT2D eigenvalue weighted by Gasteiger charge is -2.34. The number of likely N-dealkylation sites (tertiary alicyclic amines) is 1. The number of aromatic nitrogens is 1. The van der Waals surface area contributed by atoms with E-state index in [4.69, 9.17) is 11.6 Å². The van der Waals surface area contributed by atoms with E-state index in [9.17, 15) is 14.4 Å². The number of nitrogens with zero attached hydrogens (tertiary/aromatic N) is 3. The predicted octanol–water partition coefficient (Wildman–Crippen LogP) is 2.82. The zero-order valence-corrected chi connectivity index (χ0v) is 19.0. The van der Waals surface area contributed by atoms with Crippen molar-refractivity contribution in [3.63, 3.8) is 0 Å². The molecule has 0 saturated carbocycles. The first-order valence-corrected chi connectivity index (χ1v) is 11.7. The molecule has 172 valence electrons. The van der Waals surface area contributed by atoms with Crippen LogP contribution in [0.25, 0.3) is 0 Å². The van der Waals surface area contributed by atoms with Gasteiger partial charge >= 0.3 is 6.03 Å². The van der Waals surface area contributed by atoms with Crippen molar-refractivity contribution in [1.82, 2.24) is 20.1 Å². The van der Waals surface area contributed by atoms with Crippen LogP contribution in [0.2, 0.25) is 5.02 Å². The number of urea groups is 1. The van der Waals surface area contributed by atoms with Crippen LogP contribution in [0.5, 0.6) is 0 Å². The molecule has 1 spiro atoms. The van der Waals surface area contributed by atoms with Gasteiger partial charge in [-0.15, -0.1) is 0 Å². The van der Waals surface area contributed by atoms with Gasteiger partial charge in [0.25, 0.3) is 5.91 Å². The normalized spacial score (nSPS) is 23.5. The summed E-state index contributed by atoms with van der Waals surface area (Å²) < 4.78 is 0. The van der Waals surface area contributed by atoms with Gasteiger partial charge in [0.1, 0.15) is 11.4 Å². The van der Waals surface area contributed by atoms with Gasteiger partial charge in [-0.05, 0) is 48.9 Å². The summed E-state index contributed by atoms with van der Waals surface area (Å²) in [6, 6.07) is 11.1. The number of pyridine rings is 1. The molecular weight excluding hydrogens is 442 g/mol. The molecule has 0 bridgehead atoms. The van der Waals surface area contributed by atoms with Crippen molar-refractivity contribution in [2.75, 3.05) is 25.1 Å². The second kappa shape index (κ2) is 8.76. The maximum absolute atomic E-state index is 13.3. The van der Waals surface area contributed by atoms with Crippen LogP contribution < -0.4 is 10.6 Å². The Morgan fingerprint density at radius 1 is 1.15 bits per heavy atom. The summed E-state index contributed by atoms with van der Waals surface area (Å²) in [5.74, 6) is 0.128. The zero-order valence-electron chi connectivity index (χ0n) is 18.2. The number of rotatable bonds is 4. The van der Waals surface area contributed by atoms with E-state index in [-0.39, 0.29) is 30.4 Å². The minimum atomic E-state index is -0.838. The lowest BCUT2D eigenvalue weighted by Crippen LogP contribution is -2.52. The van der Waals surface area contributed by atoms with Crippen LogP contribution in [0.4, 0.5) is 10.6 Å². The SMILES string of the molecule is O=C(Nc1ccc(Cl)cn1)C1CCN(CN2C(=O)NC3(CCc4ccccc4C3)C2=O)CC1. The molecule has 9 heteroatoms. The number of carbonyl (C=O) groups is 3. The van der Waals surface area contributed by atoms with Gasteiger partial charge in [-0.25, -0.2) is 14.7 Å². The first-order chi connectivity index (χ1) is 15.9. The van der Waals surface area contributed by atoms with Crippen LogP contribution in [-0.2, 0) is 22.4 Å². The number of piperidine rings is 1. The Labute approximate surface area is 197 Å². The second-order valence-electron chi connectivity index (χ2n) is 9.08. The lowest BCUT2D eigenvalue weighted by molar-refractivity contribution is -0.133. The van der Waals surface area contributed by atoms with Crippen molar-refractivity contribution in [1.29, 1.82) is 0 Å². The molecule has 3 aliphatic rings. The monoisotopic (exact) mass is 467 g/mol. The van der Waals surface area contributed by atoms with Gasteiger partial charge < -0.3 is 10.6 Å². The van der Waals surface area contributed by atoms with Crippen LogP contribution >= 0.6 is 11.6 Å². The fourth-order valence-electron chi connectivity index (χ4n) is 5.04. The van der Waals surface area contributed by atoms with Crippen molar-refractivity contribution < 1.29 is 14.4 Å². The summed E-state index contributed by atoms with van der Waals surface area (Å²) in [5, 5.41) is 6.34. The second-order valence-corrected chi connectivity index (χ2v) is 9.51. The number of nitrogens with one attached hydrogen (secondary N) is 2. The van der Waals surface area contributed by atoms with E-state index >= 15 is 0 Å². The number of fused-ring (bicyclic) bond motifs is 1. The Morgan fingerprint density at radius 3 is 2.64 bits per heavy atom. The smallest absolute Gasteiger partial charge is 0.323 e. The Morgan fingerprint density at radius 2 is 1.91 bits per heavy atom. The average Bonchev–Trinajstić information content (AvgIpc) is 3.04. The Bertz CT molecular complexity index is 1080. The quantitative estimate of drug-likeness (QED) is 0.674. The molecule has 2 aromatic rings. The standard InChI is InChI=1S/C24H26ClN5O3/c25-19-5-6-20(26-14-19)27-21(31)17-8-11-29(12-9-17)15-30-22(32)24(28-23(30)33)10-7-16-3-1-2-4-18(16)13-24/h1-6,14,17H,7-13,15H2,(H,28,33)(H,26,27,31). The van der Waals surface area contributed by atoms with Gasteiger partial charge in [0.2, 0.25) is 5.91 Å². The summed E-state index contributed by atoms with van der Waals surface area (Å²) in [6.45, 7) is 1.53. The topological polar surface area (TPSA) is 94.6 Å². The van der Waals surface area contributed by atoms with Crippen LogP contribution in [0, 0.1) is 5.92 Å². The van der Waals surface area contributed by atoms with Gasteiger partial charge in [-0.1, -0.05) is 35.9 Å². The average molecular weight is 468 g/mol. The number of amides is 4. The number of anilines is 1. The van der Waals surface area contributed by atoms with E-state index in [1.54, 1.807) is 12.1 Å². The first kappa shape index (κ1) is 21.9. The lowest BCUT2D eigenvalue weighted by atomic mass is 9.78. The van der Waals surface area contributed by atoms with Crippen LogP contribution in [0.1, 0.15) is 30.4 Å². The molecule has 1 aromatic carbocycles. The molecule has 8 nitrogen and oxygen atoms in total. The summed E-state index contributed by atoms with van der Waals surface area (Å²) in [6.07, 6.45) is 4.73. The van der Waals surface area contributed by atoms with E-state index < -0.39 is 5.54 Å². The highest BCUT2D eigenvalue weighted by molar-refractivity contribution is 6.30. The molecule has 1 aromatic heterocycles. The van der Waals surface area contributed by atoms with Crippen LogP contribution in [0.15, 0.2) is 42.6 Å². The number of carbonyl (C=O) groups excluding carboxylic acids is 3. The molecule has 2 fully saturated rings. The van der Waals surface area contributed by atoms with Crippen LogP contribution in [0.3, 0.4) is 0 Å². The summed E-state index contributed by atoms with van der Waals surface area (Å²) in [5.41, 5.74) is 1.54. The summed E-state index contributed by atoms with van der Waals surface area (Å²) in [7, 11) is 0. The van der Waals surface area contributed by atoms with Crippen molar-refractivity contribution in [2.24, 2.45) is 5.92 Å². The fraction of sp³-hybridized carbons (Fsp3) is 0.417. The third-order valence-corrected chi connectivity index (χ3v) is 7.18. The molecule has 2 N–H and O–H groups in total. The molecule has 5 rings (SSSR count). The number of aryl methyl sites for hydroxylation is 1. The molecule has 2 saturated heterocycles. The van der Waals surface area contributed by atoms with E-state index in [0.717, 1.165) is 12.0 Å². The predicted molar refractivity (Wildman–Crippen MR) is 124 cm³/mol.